The van der Waals surface area contributed by atoms with Crippen LogP contribution in [0.25, 0.3) is 0 Å². The van der Waals surface area contributed by atoms with Crippen molar-refractivity contribution in [2.75, 3.05) is 13.2 Å². The first kappa shape index (κ1) is 13.5. The summed E-state index contributed by atoms with van der Waals surface area (Å²) in [5, 5.41) is 2.97. The highest BCUT2D eigenvalue weighted by atomic mass is 16.5. The summed E-state index contributed by atoms with van der Waals surface area (Å²) in [6.45, 7) is 5.49. The minimum Gasteiger partial charge on any atom is -0.378 e. The standard InChI is InChI=1S/C12H24N2O2/c1-9(2)11(8-13)14-12(15)6-5-10-4-3-7-16-10/h9-11H,3-8,13H2,1-2H3,(H,14,15). The Morgan fingerprint density at radius 2 is 2.31 bits per heavy atom. The maximum absolute atomic E-state index is 11.7. The van der Waals surface area contributed by atoms with Gasteiger partial charge in [0.1, 0.15) is 0 Å². The molecule has 3 N–H and O–H groups in total. The Bertz CT molecular complexity index is 213. The van der Waals surface area contributed by atoms with Gasteiger partial charge in [-0.3, -0.25) is 4.79 Å². The lowest BCUT2D eigenvalue weighted by Crippen LogP contribution is -2.43. The molecule has 0 aromatic heterocycles. The van der Waals surface area contributed by atoms with E-state index >= 15 is 0 Å². The molecule has 0 aromatic carbocycles. The maximum Gasteiger partial charge on any atom is 0.220 e. The molecule has 1 heterocycles. The summed E-state index contributed by atoms with van der Waals surface area (Å²) in [7, 11) is 0. The molecule has 1 rings (SSSR count). The molecule has 2 unspecified atom stereocenters. The Hall–Kier alpha value is -0.610. The van der Waals surface area contributed by atoms with Crippen molar-refractivity contribution in [3.05, 3.63) is 0 Å². The van der Waals surface area contributed by atoms with Crippen LogP contribution in [0.2, 0.25) is 0 Å². The molecule has 0 bridgehead atoms. The Balaban J connectivity index is 2.18. The van der Waals surface area contributed by atoms with Gasteiger partial charge < -0.3 is 15.8 Å². The molecule has 16 heavy (non-hydrogen) atoms. The maximum atomic E-state index is 11.7. The Labute approximate surface area is 97.9 Å². The second kappa shape index (κ2) is 6.86. The SMILES string of the molecule is CC(C)C(CN)NC(=O)CCC1CCCO1. The highest BCUT2D eigenvalue weighted by Gasteiger charge is 2.18. The molecule has 1 saturated heterocycles. The summed E-state index contributed by atoms with van der Waals surface area (Å²) >= 11 is 0. The van der Waals surface area contributed by atoms with Crippen molar-refractivity contribution in [3.8, 4) is 0 Å². The van der Waals surface area contributed by atoms with Gasteiger partial charge >= 0.3 is 0 Å². The fourth-order valence-electron chi connectivity index (χ4n) is 1.94. The van der Waals surface area contributed by atoms with Crippen LogP contribution in [0.4, 0.5) is 0 Å². The fraction of sp³-hybridized carbons (Fsp3) is 0.917. The highest BCUT2D eigenvalue weighted by Crippen LogP contribution is 2.16. The largest absolute Gasteiger partial charge is 0.378 e. The van der Waals surface area contributed by atoms with E-state index in [1.54, 1.807) is 0 Å². The van der Waals surface area contributed by atoms with Crippen molar-refractivity contribution in [2.45, 2.75) is 51.7 Å². The zero-order chi connectivity index (χ0) is 12.0. The van der Waals surface area contributed by atoms with Crippen molar-refractivity contribution < 1.29 is 9.53 Å². The summed E-state index contributed by atoms with van der Waals surface area (Å²) in [5.74, 6) is 0.483. The van der Waals surface area contributed by atoms with E-state index in [0.29, 0.717) is 25.0 Å². The minimum atomic E-state index is 0.0944. The van der Waals surface area contributed by atoms with E-state index in [2.05, 4.69) is 19.2 Å². The van der Waals surface area contributed by atoms with Crippen molar-refractivity contribution in [1.29, 1.82) is 0 Å². The monoisotopic (exact) mass is 228 g/mol. The quantitative estimate of drug-likeness (QED) is 0.714. The summed E-state index contributed by atoms with van der Waals surface area (Å²) in [6.07, 6.45) is 3.90. The third-order valence-corrected chi connectivity index (χ3v) is 3.12. The van der Waals surface area contributed by atoms with Crippen molar-refractivity contribution >= 4 is 5.91 Å². The van der Waals surface area contributed by atoms with E-state index < -0.39 is 0 Å². The average molecular weight is 228 g/mol. The first-order valence-corrected chi connectivity index (χ1v) is 6.24. The molecule has 1 amide bonds. The van der Waals surface area contributed by atoms with Gasteiger partial charge in [-0.15, -0.1) is 0 Å². The van der Waals surface area contributed by atoms with E-state index in [4.69, 9.17) is 10.5 Å². The Morgan fingerprint density at radius 3 is 2.81 bits per heavy atom. The third kappa shape index (κ3) is 4.49. The van der Waals surface area contributed by atoms with Gasteiger partial charge in [-0.05, 0) is 25.2 Å². The topological polar surface area (TPSA) is 64.3 Å². The highest BCUT2D eigenvalue weighted by molar-refractivity contribution is 5.76. The van der Waals surface area contributed by atoms with Crippen molar-refractivity contribution in [1.82, 2.24) is 5.32 Å². The van der Waals surface area contributed by atoms with Crippen LogP contribution in [0, 0.1) is 5.92 Å². The van der Waals surface area contributed by atoms with Crippen LogP contribution in [0.1, 0.15) is 39.5 Å². The molecule has 2 atom stereocenters. The molecule has 0 aromatic rings. The number of hydrogen-bond acceptors (Lipinski definition) is 3. The Morgan fingerprint density at radius 1 is 1.56 bits per heavy atom. The smallest absolute Gasteiger partial charge is 0.220 e. The first-order valence-electron chi connectivity index (χ1n) is 6.24. The van der Waals surface area contributed by atoms with Gasteiger partial charge in [0, 0.05) is 25.6 Å². The molecular formula is C12H24N2O2. The van der Waals surface area contributed by atoms with Crippen LogP contribution in [-0.2, 0) is 9.53 Å². The molecule has 4 nitrogen and oxygen atoms in total. The summed E-state index contributed by atoms with van der Waals surface area (Å²) < 4.78 is 5.48. The summed E-state index contributed by atoms with van der Waals surface area (Å²) in [4.78, 5) is 11.7. The second-order valence-electron chi connectivity index (χ2n) is 4.83. The van der Waals surface area contributed by atoms with Gasteiger partial charge in [0.25, 0.3) is 0 Å². The van der Waals surface area contributed by atoms with Gasteiger partial charge in [-0.25, -0.2) is 0 Å². The number of ether oxygens (including phenoxy) is 1. The fourth-order valence-corrected chi connectivity index (χ4v) is 1.94. The Kier molecular flexibility index (Phi) is 5.77. The zero-order valence-corrected chi connectivity index (χ0v) is 10.4. The van der Waals surface area contributed by atoms with Crippen LogP contribution in [0.5, 0.6) is 0 Å². The number of nitrogens with two attached hydrogens (primary N) is 1. The molecule has 1 fully saturated rings. The number of rotatable bonds is 6. The minimum absolute atomic E-state index is 0.0944. The normalized spacial score (nSPS) is 22.4. The average Bonchev–Trinajstić information content (AvgIpc) is 2.75. The number of hydrogen-bond donors (Lipinski definition) is 2. The molecule has 94 valence electrons. The van der Waals surface area contributed by atoms with Gasteiger partial charge in [0.15, 0.2) is 0 Å². The van der Waals surface area contributed by atoms with E-state index in [-0.39, 0.29) is 11.9 Å². The number of amides is 1. The number of carbonyl (C=O) groups excluding carboxylic acids is 1. The van der Waals surface area contributed by atoms with E-state index in [1.807, 2.05) is 0 Å². The van der Waals surface area contributed by atoms with Crippen LogP contribution >= 0.6 is 0 Å². The lowest BCUT2D eigenvalue weighted by Gasteiger charge is -2.20. The lowest BCUT2D eigenvalue weighted by atomic mass is 10.0. The van der Waals surface area contributed by atoms with Gasteiger partial charge in [0.2, 0.25) is 5.91 Å². The van der Waals surface area contributed by atoms with Gasteiger partial charge in [-0.2, -0.15) is 0 Å². The van der Waals surface area contributed by atoms with Crippen LogP contribution in [-0.4, -0.2) is 31.2 Å². The van der Waals surface area contributed by atoms with Gasteiger partial charge in [0.05, 0.1) is 6.10 Å². The third-order valence-electron chi connectivity index (χ3n) is 3.12. The van der Waals surface area contributed by atoms with E-state index in [0.717, 1.165) is 25.9 Å². The molecule has 0 saturated carbocycles. The van der Waals surface area contributed by atoms with Crippen LogP contribution in [0.15, 0.2) is 0 Å². The molecule has 4 heteroatoms. The molecule has 1 aliphatic heterocycles. The molecule has 1 aliphatic rings. The van der Waals surface area contributed by atoms with Crippen molar-refractivity contribution in [2.24, 2.45) is 11.7 Å². The predicted octanol–water partition coefficient (Wildman–Crippen LogP) is 1.05. The summed E-state index contributed by atoms with van der Waals surface area (Å²) in [6, 6.07) is 0.0944. The predicted molar refractivity (Wildman–Crippen MR) is 64.0 cm³/mol. The zero-order valence-electron chi connectivity index (χ0n) is 10.4. The lowest BCUT2D eigenvalue weighted by molar-refractivity contribution is -0.122. The molecule has 0 spiro atoms. The summed E-state index contributed by atoms with van der Waals surface area (Å²) in [5.41, 5.74) is 5.60. The number of nitrogens with one attached hydrogen (secondary N) is 1. The number of carbonyl (C=O) groups is 1. The van der Waals surface area contributed by atoms with E-state index in [1.165, 1.54) is 0 Å². The molecule has 0 radical (unpaired) electrons. The second-order valence-corrected chi connectivity index (χ2v) is 4.83. The van der Waals surface area contributed by atoms with E-state index in [9.17, 15) is 4.79 Å². The van der Waals surface area contributed by atoms with Gasteiger partial charge in [-0.1, -0.05) is 13.8 Å². The molecular weight excluding hydrogens is 204 g/mol. The van der Waals surface area contributed by atoms with Crippen molar-refractivity contribution in [3.63, 3.8) is 0 Å². The molecule has 0 aliphatic carbocycles. The van der Waals surface area contributed by atoms with Crippen LogP contribution in [0.3, 0.4) is 0 Å². The van der Waals surface area contributed by atoms with Crippen LogP contribution < -0.4 is 11.1 Å². The first-order chi connectivity index (χ1) is 7.63.